The normalized spacial score (nSPS) is 16.7. The molecule has 2 aromatic carbocycles. The first kappa shape index (κ1) is 20.9. The van der Waals surface area contributed by atoms with Gasteiger partial charge in [-0.2, -0.15) is 0 Å². The van der Waals surface area contributed by atoms with Crippen LogP contribution in [0.1, 0.15) is 41.6 Å². The summed E-state index contributed by atoms with van der Waals surface area (Å²) in [6, 6.07) is 15.8. The Labute approximate surface area is 180 Å². The van der Waals surface area contributed by atoms with Crippen molar-refractivity contribution in [3.8, 4) is 0 Å². The molecular formula is C25H25NO5. The molecule has 0 spiro atoms. The van der Waals surface area contributed by atoms with Crippen LogP contribution in [0, 0.1) is 6.92 Å². The van der Waals surface area contributed by atoms with Crippen molar-refractivity contribution in [3.63, 3.8) is 0 Å². The number of benzene rings is 2. The number of aliphatic hydroxyl groups excluding tert-OH is 1. The molecule has 0 saturated carbocycles. The van der Waals surface area contributed by atoms with Crippen LogP contribution in [-0.4, -0.2) is 41.0 Å². The van der Waals surface area contributed by atoms with Gasteiger partial charge in [-0.05, 0) is 44.0 Å². The number of aryl methyl sites for hydroxylation is 1. The summed E-state index contributed by atoms with van der Waals surface area (Å²) >= 11 is 0. The van der Waals surface area contributed by atoms with Gasteiger partial charge in [0.25, 0.3) is 5.91 Å². The molecule has 3 aromatic rings. The Kier molecular flexibility index (Phi) is 5.65. The standard InChI is InChI=1S/C25H25NO5/c1-15(2)30-13-12-26-22(18-10-6-4-8-16(18)3)21(24(28)25(26)29)23(27)20-14-17-9-5-7-11-19(17)31-20/h4-11,14-15,22,28H,12-13H2,1-3H3. The molecule has 2 heterocycles. The summed E-state index contributed by atoms with van der Waals surface area (Å²) in [6.07, 6.45) is 0.00724. The molecule has 0 bridgehead atoms. The molecule has 1 N–H and O–H groups in total. The number of amides is 1. The molecule has 6 nitrogen and oxygen atoms in total. The van der Waals surface area contributed by atoms with E-state index < -0.39 is 23.5 Å². The van der Waals surface area contributed by atoms with Crippen molar-refractivity contribution in [1.29, 1.82) is 0 Å². The summed E-state index contributed by atoms with van der Waals surface area (Å²) in [4.78, 5) is 27.9. The minimum Gasteiger partial charge on any atom is -0.503 e. The second-order valence-electron chi connectivity index (χ2n) is 7.92. The Hall–Kier alpha value is -3.38. The number of rotatable bonds is 7. The van der Waals surface area contributed by atoms with E-state index in [0.717, 1.165) is 16.5 Å². The average molecular weight is 419 g/mol. The third kappa shape index (κ3) is 3.86. The monoisotopic (exact) mass is 419 g/mol. The second-order valence-corrected chi connectivity index (χ2v) is 7.92. The molecule has 0 fully saturated rings. The zero-order valence-corrected chi connectivity index (χ0v) is 17.8. The van der Waals surface area contributed by atoms with Crippen molar-refractivity contribution in [2.75, 3.05) is 13.2 Å². The predicted octanol–water partition coefficient (Wildman–Crippen LogP) is 4.74. The Balaban J connectivity index is 1.76. The number of Topliss-reactive ketones (excluding diaryl/α,β-unsaturated/α-hetero) is 1. The molecule has 0 aliphatic carbocycles. The van der Waals surface area contributed by atoms with Crippen molar-refractivity contribution in [2.45, 2.75) is 32.9 Å². The lowest BCUT2D eigenvalue weighted by Gasteiger charge is -2.28. The molecule has 1 atom stereocenters. The van der Waals surface area contributed by atoms with Gasteiger partial charge in [-0.1, -0.05) is 42.5 Å². The van der Waals surface area contributed by atoms with Crippen LogP contribution in [0.3, 0.4) is 0 Å². The fourth-order valence-corrected chi connectivity index (χ4v) is 3.95. The average Bonchev–Trinajstić information content (AvgIpc) is 3.28. The van der Waals surface area contributed by atoms with Gasteiger partial charge in [0.1, 0.15) is 5.58 Å². The molecule has 160 valence electrons. The molecule has 0 saturated heterocycles. The fraction of sp³-hybridized carbons (Fsp3) is 0.280. The summed E-state index contributed by atoms with van der Waals surface area (Å²) in [5.41, 5.74) is 2.30. The first-order valence-corrected chi connectivity index (χ1v) is 10.3. The first-order valence-electron chi connectivity index (χ1n) is 10.3. The topological polar surface area (TPSA) is 80.0 Å². The molecular weight excluding hydrogens is 394 g/mol. The molecule has 31 heavy (non-hydrogen) atoms. The van der Waals surface area contributed by atoms with E-state index in [0.29, 0.717) is 12.2 Å². The second kappa shape index (κ2) is 8.40. The van der Waals surface area contributed by atoms with Crippen molar-refractivity contribution < 1.29 is 23.8 Å². The van der Waals surface area contributed by atoms with E-state index in [1.54, 1.807) is 12.1 Å². The van der Waals surface area contributed by atoms with Gasteiger partial charge in [0, 0.05) is 11.9 Å². The van der Waals surface area contributed by atoms with Crippen LogP contribution in [0.25, 0.3) is 11.0 Å². The molecule has 0 radical (unpaired) electrons. The Bertz CT molecular complexity index is 1140. The van der Waals surface area contributed by atoms with Crippen molar-refractivity contribution in [2.24, 2.45) is 0 Å². The Morgan fingerprint density at radius 3 is 2.58 bits per heavy atom. The number of ether oxygens (including phenoxy) is 1. The van der Waals surface area contributed by atoms with Gasteiger partial charge in [-0.25, -0.2) is 0 Å². The van der Waals surface area contributed by atoms with E-state index in [4.69, 9.17) is 9.15 Å². The number of para-hydroxylation sites is 1. The predicted molar refractivity (Wildman–Crippen MR) is 117 cm³/mol. The number of ketones is 1. The number of aliphatic hydroxyl groups is 1. The fourth-order valence-electron chi connectivity index (χ4n) is 3.95. The van der Waals surface area contributed by atoms with Crippen molar-refractivity contribution in [1.82, 2.24) is 4.90 Å². The Morgan fingerprint density at radius 1 is 1.16 bits per heavy atom. The third-order valence-corrected chi connectivity index (χ3v) is 5.46. The van der Waals surface area contributed by atoms with Crippen LogP contribution in [0.15, 0.2) is 70.3 Å². The van der Waals surface area contributed by atoms with Gasteiger partial charge in [0.05, 0.1) is 24.3 Å². The molecule has 1 aromatic heterocycles. The molecule has 1 aliphatic rings. The zero-order chi connectivity index (χ0) is 22.1. The van der Waals surface area contributed by atoms with Crippen molar-refractivity contribution in [3.05, 3.63) is 82.8 Å². The van der Waals surface area contributed by atoms with Gasteiger partial charge in [-0.15, -0.1) is 0 Å². The van der Waals surface area contributed by atoms with E-state index in [9.17, 15) is 14.7 Å². The minimum absolute atomic E-state index is 0.00724. The van der Waals surface area contributed by atoms with Crippen LogP contribution >= 0.6 is 0 Å². The first-order chi connectivity index (χ1) is 14.9. The summed E-state index contributed by atoms with van der Waals surface area (Å²) in [7, 11) is 0. The number of carbonyl (C=O) groups is 2. The van der Waals surface area contributed by atoms with Gasteiger partial charge in [0.15, 0.2) is 11.5 Å². The van der Waals surface area contributed by atoms with E-state index in [1.807, 2.05) is 63.2 Å². The number of fused-ring (bicyclic) bond motifs is 1. The van der Waals surface area contributed by atoms with Crippen LogP contribution in [0.4, 0.5) is 0 Å². The quantitative estimate of drug-likeness (QED) is 0.559. The van der Waals surface area contributed by atoms with Gasteiger partial charge in [0.2, 0.25) is 5.78 Å². The largest absolute Gasteiger partial charge is 0.503 e. The molecule has 1 amide bonds. The lowest BCUT2D eigenvalue weighted by atomic mass is 9.92. The number of hydrogen-bond acceptors (Lipinski definition) is 5. The minimum atomic E-state index is -0.717. The van der Waals surface area contributed by atoms with Crippen molar-refractivity contribution >= 4 is 22.7 Å². The molecule has 1 unspecified atom stereocenters. The lowest BCUT2D eigenvalue weighted by molar-refractivity contribution is -0.130. The third-order valence-electron chi connectivity index (χ3n) is 5.46. The maximum atomic E-state index is 13.5. The van der Waals surface area contributed by atoms with Crippen LogP contribution in [-0.2, 0) is 9.53 Å². The highest BCUT2D eigenvalue weighted by molar-refractivity contribution is 6.16. The number of nitrogens with zero attached hydrogens (tertiary/aromatic N) is 1. The van der Waals surface area contributed by atoms with Gasteiger partial charge < -0.3 is 19.2 Å². The zero-order valence-electron chi connectivity index (χ0n) is 17.8. The molecule has 1 aliphatic heterocycles. The smallest absolute Gasteiger partial charge is 0.290 e. The highest BCUT2D eigenvalue weighted by atomic mass is 16.5. The summed E-state index contributed by atoms with van der Waals surface area (Å²) in [5.74, 6) is -1.53. The van der Waals surface area contributed by atoms with Crippen LogP contribution in [0.2, 0.25) is 0 Å². The maximum absolute atomic E-state index is 13.5. The maximum Gasteiger partial charge on any atom is 0.290 e. The summed E-state index contributed by atoms with van der Waals surface area (Å²) in [6.45, 7) is 6.29. The number of hydrogen-bond donors (Lipinski definition) is 1. The van der Waals surface area contributed by atoms with E-state index in [2.05, 4.69) is 0 Å². The van der Waals surface area contributed by atoms with Gasteiger partial charge >= 0.3 is 0 Å². The van der Waals surface area contributed by atoms with E-state index >= 15 is 0 Å². The number of carbonyl (C=O) groups excluding carboxylic acids is 2. The highest BCUT2D eigenvalue weighted by Gasteiger charge is 2.44. The molecule has 6 heteroatoms. The molecule has 4 rings (SSSR count). The van der Waals surface area contributed by atoms with E-state index in [-0.39, 0.29) is 24.0 Å². The highest BCUT2D eigenvalue weighted by Crippen LogP contribution is 2.40. The van der Waals surface area contributed by atoms with Gasteiger partial charge in [-0.3, -0.25) is 9.59 Å². The number of furan rings is 1. The Morgan fingerprint density at radius 2 is 1.87 bits per heavy atom. The SMILES string of the molecule is Cc1ccccc1C1C(C(=O)c2cc3ccccc3o2)=C(O)C(=O)N1CCOC(C)C. The lowest BCUT2D eigenvalue weighted by Crippen LogP contribution is -2.34. The van der Waals surface area contributed by atoms with Crippen LogP contribution < -0.4 is 0 Å². The summed E-state index contributed by atoms with van der Waals surface area (Å²) < 4.78 is 11.4. The van der Waals surface area contributed by atoms with Crippen LogP contribution in [0.5, 0.6) is 0 Å². The van der Waals surface area contributed by atoms with E-state index in [1.165, 1.54) is 4.90 Å². The summed E-state index contributed by atoms with van der Waals surface area (Å²) in [5, 5.41) is 11.5.